The molecule has 0 bridgehead atoms. The third-order valence-corrected chi connectivity index (χ3v) is 6.99. The SMILES string of the molecule is O=c1[nH]c(=O)n([C@H]2C[C@H](O)[C@@H](COP(=O)(NCc3ccccc3)OCc3ccc(F)cc3)O2)cc1F. The van der Waals surface area contributed by atoms with Crippen LogP contribution in [0, 0.1) is 11.6 Å². The molecule has 192 valence electrons. The molecule has 1 aliphatic heterocycles. The van der Waals surface area contributed by atoms with Crippen molar-refractivity contribution in [2.45, 2.75) is 38.0 Å². The van der Waals surface area contributed by atoms with Gasteiger partial charge in [-0.3, -0.25) is 23.4 Å². The van der Waals surface area contributed by atoms with Crippen LogP contribution < -0.4 is 16.3 Å². The first-order chi connectivity index (χ1) is 17.2. The lowest BCUT2D eigenvalue weighted by Crippen LogP contribution is -2.34. The molecule has 13 heteroatoms. The first kappa shape index (κ1) is 26.1. The highest BCUT2D eigenvalue weighted by atomic mass is 31.2. The van der Waals surface area contributed by atoms with Crippen molar-refractivity contribution in [3.8, 4) is 0 Å². The number of aliphatic hydroxyl groups is 1. The second-order valence-electron chi connectivity index (χ2n) is 8.09. The average molecular weight is 523 g/mol. The Morgan fingerprint density at radius 3 is 2.53 bits per heavy atom. The van der Waals surface area contributed by atoms with E-state index in [1.165, 1.54) is 24.3 Å². The third-order valence-electron chi connectivity index (χ3n) is 5.48. The van der Waals surface area contributed by atoms with E-state index in [4.69, 9.17) is 13.8 Å². The van der Waals surface area contributed by atoms with Crippen LogP contribution in [0.5, 0.6) is 0 Å². The maximum Gasteiger partial charge on any atom is 0.406 e. The van der Waals surface area contributed by atoms with Gasteiger partial charge in [-0.2, -0.15) is 4.39 Å². The van der Waals surface area contributed by atoms with E-state index in [0.717, 1.165) is 10.1 Å². The van der Waals surface area contributed by atoms with E-state index in [1.807, 2.05) is 35.3 Å². The number of nitrogens with one attached hydrogen (secondary N) is 2. The van der Waals surface area contributed by atoms with Gasteiger partial charge in [-0.05, 0) is 23.3 Å². The van der Waals surface area contributed by atoms with Crippen molar-refractivity contribution >= 4 is 7.75 Å². The minimum absolute atomic E-state index is 0.0996. The van der Waals surface area contributed by atoms with Gasteiger partial charge in [0.15, 0.2) is 0 Å². The summed E-state index contributed by atoms with van der Waals surface area (Å²) in [5.41, 5.74) is -0.710. The van der Waals surface area contributed by atoms with Crippen molar-refractivity contribution in [2.75, 3.05) is 6.61 Å². The third kappa shape index (κ3) is 6.61. The number of nitrogens with zero attached hydrogens (tertiary/aromatic N) is 1. The Bertz CT molecular complexity index is 1330. The monoisotopic (exact) mass is 523 g/mol. The number of hydrogen-bond donors (Lipinski definition) is 3. The summed E-state index contributed by atoms with van der Waals surface area (Å²) in [5.74, 6) is -1.61. The number of hydrogen-bond acceptors (Lipinski definition) is 7. The molecule has 3 aromatic rings. The minimum atomic E-state index is -3.97. The zero-order valence-corrected chi connectivity index (χ0v) is 19.8. The number of rotatable bonds is 10. The maximum atomic E-state index is 13.7. The van der Waals surface area contributed by atoms with E-state index in [9.17, 15) is 28.0 Å². The molecule has 0 spiro atoms. The van der Waals surface area contributed by atoms with Crippen LogP contribution in [0.2, 0.25) is 0 Å². The maximum absolute atomic E-state index is 13.7. The normalized spacial score (nSPS) is 21.4. The summed E-state index contributed by atoms with van der Waals surface area (Å²) in [6.07, 6.45) is -2.66. The number of benzene rings is 2. The van der Waals surface area contributed by atoms with Crippen LogP contribution in [0.25, 0.3) is 0 Å². The number of aromatic amines is 1. The van der Waals surface area contributed by atoms with Crippen LogP contribution in [-0.2, 0) is 31.5 Å². The Balaban J connectivity index is 1.43. The van der Waals surface area contributed by atoms with Crippen molar-refractivity contribution in [3.63, 3.8) is 0 Å². The largest absolute Gasteiger partial charge is 0.406 e. The quantitative estimate of drug-likeness (QED) is 0.346. The van der Waals surface area contributed by atoms with Gasteiger partial charge < -0.3 is 9.84 Å². The molecule has 0 aliphatic carbocycles. The van der Waals surface area contributed by atoms with Crippen molar-refractivity contribution < 1.29 is 32.2 Å². The fourth-order valence-corrected chi connectivity index (χ4v) is 4.83. The molecule has 1 aliphatic rings. The van der Waals surface area contributed by atoms with Crippen molar-refractivity contribution in [1.82, 2.24) is 14.6 Å². The number of aliphatic hydroxyl groups excluding tert-OH is 1. The van der Waals surface area contributed by atoms with E-state index < -0.39 is 49.1 Å². The molecule has 0 amide bonds. The summed E-state index contributed by atoms with van der Waals surface area (Å²) in [4.78, 5) is 25.1. The van der Waals surface area contributed by atoms with Crippen LogP contribution in [0.3, 0.4) is 0 Å². The molecule has 0 saturated carbocycles. The van der Waals surface area contributed by atoms with Crippen molar-refractivity contribution in [3.05, 3.63) is 104 Å². The highest BCUT2D eigenvalue weighted by Gasteiger charge is 2.38. The highest BCUT2D eigenvalue weighted by molar-refractivity contribution is 7.51. The molecule has 36 heavy (non-hydrogen) atoms. The second-order valence-corrected chi connectivity index (χ2v) is 9.92. The van der Waals surface area contributed by atoms with Gasteiger partial charge in [0.25, 0.3) is 5.56 Å². The Hall–Kier alpha value is -2.99. The van der Waals surface area contributed by atoms with Gasteiger partial charge in [-0.15, -0.1) is 0 Å². The smallest absolute Gasteiger partial charge is 0.390 e. The lowest BCUT2D eigenvalue weighted by molar-refractivity contribution is -0.0442. The summed E-state index contributed by atoms with van der Waals surface area (Å²) in [5, 5.41) is 13.2. The molecule has 2 heterocycles. The van der Waals surface area contributed by atoms with E-state index in [0.29, 0.717) is 11.8 Å². The lowest BCUT2D eigenvalue weighted by atomic mass is 10.2. The number of aromatic nitrogens is 2. The van der Waals surface area contributed by atoms with Gasteiger partial charge in [0.1, 0.15) is 18.1 Å². The molecule has 1 saturated heterocycles. The number of H-pyrrole nitrogens is 1. The summed E-state index contributed by atoms with van der Waals surface area (Å²) < 4.78 is 57.9. The molecule has 0 radical (unpaired) electrons. The van der Waals surface area contributed by atoms with Crippen molar-refractivity contribution in [1.29, 1.82) is 0 Å². The predicted molar refractivity (Wildman–Crippen MR) is 124 cm³/mol. The Kier molecular flexibility index (Phi) is 8.24. The van der Waals surface area contributed by atoms with E-state index >= 15 is 0 Å². The van der Waals surface area contributed by atoms with Gasteiger partial charge in [0.2, 0.25) is 5.82 Å². The van der Waals surface area contributed by atoms with Gasteiger partial charge in [0, 0.05) is 13.0 Å². The zero-order chi connectivity index (χ0) is 25.7. The molecule has 1 fully saturated rings. The van der Waals surface area contributed by atoms with Crippen LogP contribution in [-0.4, -0.2) is 33.5 Å². The summed E-state index contributed by atoms with van der Waals surface area (Å²) in [7, 11) is -3.97. The van der Waals surface area contributed by atoms with E-state index in [-0.39, 0.29) is 26.2 Å². The molecule has 1 aromatic heterocycles. The fraction of sp³-hybridized carbons (Fsp3) is 0.304. The molecular formula is C23H24F2N3O7P. The summed E-state index contributed by atoms with van der Waals surface area (Å²) in [6, 6.07) is 14.5. The second kappa shape index (κ2) is 11.4. The fourth-order valence-electron chi connectivity index (χ4n) is 3.53. The van der Waals surface area contributed by atoms with Gasteiger partial charge in [-0.25, -0.2) is 18.8 Å². The molecule has 1 unspecified atom stereocenters. The first-order valence-electron chi connectivity index (χ1n) is 11.0. The van der Waals surface area contributed by atoms with Crippen LogP contribution in [0.4, 0.5) is 8.78 Å². The van der Waals surface area contributed by atoms with Gasteiger partial charge >= 0.3 is 13.4 Å². The molecule has 4 rings (SSSR count). The molecule has 3 N–H and O–H groups in total. The molecule has 10 nitrogen and oxygen atoms in total. The predicted octanol–water partition coefficient (Wildman–Crippen LogP) is 2.59. The topological polar surface area (TPSA) is 132 Å². The zero-order valence-electron chi connectivity index (χ0n) is 18.9. The summed E-state index contributed by atoms with van der Waals surface area (Å²) >= 11 is 0. The Labute approximate surface area is 204 Å². The van der Waals surface area contributed by atoms with E-state index in [1.54, 1.807) is 0 Å². The van der Waals surface area contributed by atoms with Crippen LogP contribution in [0.15, 0.2) is 70.4 Å². The van der Waals surface area contributed by atoms with E-state index in [2.05, 4.69) is 5.09 Å². The number of halogens is 2. The highest BCUT2D eigenvalue weighted by Crippen LogP contribution is 2.46. The number of ether oxygens (including phenoxy) is 1. The minimum Gasteiger partial charge on any atom is -0.390 e. The van der Waals surface area contributed by atoms with Crippen molar-refractivity contribution in [2.24, 2.45) is 0 Å². The Morgan fingerprint density at radius 2 is 1.81 bits per heavy atom. The standard InChI is InChI=1S/C23H24F2N3O7P/c24-17-8-6-16(7-9-17)13-33-36(32,26-11-15-4-2-1-3-5-15)34-14-20-19(29)10-21(35-20)28-12-18(25)22(30)27-23(28)31/h1-9,12,19-21,29H,10-11,13-14H2,(H,26,32)(H,27,30,31)/t19-,20+,21+,36?/m0/s1. The molecular weight excluding hydrogens is 499 g/mol. The Morgan fingerprint density at radius 1 is 1.08 bits per heavy atom. The first-order valence-corrected chi connectivity index (χ1v) is 12.5. The van der Waals surface area contributed by atoms with Gasteiger partial charge in [0.05, 0.1) is 25.5 Å². The summed E-state index contributed by atoms with van der Waals surface area (Å²) in [6.45, 7) is -0.396. The molecule has 4 atom stereocenters. The van der Waals surface area contributed by atoms with Crippen LogP contribution in [0.1, 0.15) is 23.8 Å². The molecule has 2 aromatic carbocycles. The van der Waals surface area contributed by atoms with Crippen LogP contribution >= 0.6 is 7.75 Å². The van der Waals surface area contributed by atoms with Gasteiger partial charge in [-0.1, -0.05) is 42.5 Å². The average Bonchev–Trinajstić information content (AvgIpc) is 3.24. The lowest BCUT2D eigenvalue weighted by Gasteiger charge is -2.22.